The lowest BCUT2D eigenvalue weighted by Gasteiger charge is -2.45. The molecule has 0 aliphatic carbocycles. The van der Waals surface area contributed by atoms with Gasteiger partial charge in [-0.05, 0) is 17.7 Å². The summed E-state index contributed by atoms with van der Waals surface area (Å²) in [6, 6.07) is 7.89. The Morgan fingerprint density at radius 3 is 2.63 bits per heavy atom. The zero-order chi connectivity index (χ0) is 13.2. The van der Waals surface area contributed by atoms with Crippen LogP contribution < -0.4 is 0 Å². The molecule has 0 aromatic heterocycles. The van der Waals surface area contributed by atoms with E-state index in [-0.39, 0.29) is 12.1 Å². The molecule has 2 fully saturated rings. The molecule has 2 unspecified atom stereocenters. The summed E-state index contributed by atoms with van der Waals surface area (Å²) >= 11 is 0. The van der Waals surface area contributed by atoms with Crippen LogP contribution in [0.25, 0.3) is 0 Å². The van der Waals surface area contributed by atoms with E-state index in [0.29, 0.717) is 19.0 Å². The molecule has 19 heavy (non-hydrogen) atoms. The summed E-state index contributed by atoms with van der Waals surface area (Å²) in [5.41, 5.74) is 1.96. The van der Waals surface area contributed by atoms with Crippen LogP contribution in [0.15, 0.2) is 29.4 Å². The molecule has 1 aromatic carbocycles. The summed E-state index contributed by atoms with van der Waals surface area (Å²) in [5, 5.41) is 21.9. The number of benzene rings is 1. The van der Waals surface area contributed by atoms with Crippen LogP contribution in [0.3, 0.4) is 0 Å². The molecule has 5 heteroatoms. The molecule has 2 bridgehead atoms. The van der Waals surface area contributed by atoms with E-state index in [9.17, 15) is 5.11 Å². The van der Waals surface area contributed by atoms with E-state index in [1.54, 1.807) is 12.1 Å². The average molecular weight is 262 g/mol. The Kier molecular flexibility index (Phi) is 3.40. The third-order valence-corrected chi connectivity index (χ3v) is 3.92. The van der Waals surface area contributed by atoms with Gasteiger partial charge in [-0.2, -0.15) is 0 Å². The van der Waals surface area contributed by atoms with Crippen molar-refractivity contribution < 1.29 is 15.1 Å². The van der Waals surface area contributed by atoms with E-state index < -0.39 is 0 Å². The first-order chi connectivity index (χ1) is 9.26. The summed E-state index contributed by atoms with van der Waals surface area (Å²) in [4.78, 5) is 2.40. The minimum absolute atomic E-state index is 0.265. The van der Waals surface area contributed by atoms with Gasteiger partial charge in [-0.3, -0.25) is 4.90 Å². The van der Waals surface area contributed by atoms with E-state index in [2.05, 4.69) is 10.1 Å². The predicted molar refractivity (Wildman–Crippen MR) is 70.5 cm³/mol. The maximum Gasteiger partial charge on any atom is 0.115 e. The van der Waals surface area contributed by atoms with Crippen molar-refractivity contribution >= 4 is 5.71 Å². The second kappa shape index (κ2) is 5.19. The summed E-state index contributed by atoms with van der Waals surface area (Å²) in [6.07, 6.45) is 1.51. The highest BCUT2D eigenvalue weighted by atomic mass is 16.5. The molecule has 5 nitrogen and oxygen atoms in total. The van der Waals surface area contributed by atoms with E-state index in [1.165, 1.54) is 0 Å². The normalized spacial score (nSPS) is 27.3. The van der Waals surface area contributed by atoms with Gasteiger partial charge < -0.3 is 15.1 Å². The lowest BCUT2D eigenvalue weighted by atomic mass is 9.92. The molecular weight excluding hydrogens is 244 g/mol. The third-order valence-electron chi connectivity index (χ3n) is 3.92. The number of ether oxygens (including phenoxy) is 1. The molecule has 2 atom stereocenters. The summed E-state index contributed by atoms with van der Waals surface area (Å²) in [7, 11) is 0. The fourth-order valence-electron chi connectivity index (χ4n) is 3.01. The van der Waals surface area contributed by atoms with Crippen molar-refractivity contribution in [3.05, 3.63) is 29.8 Å². The van der Waals surface area contributed by atoms with Crippen molar-refractivity contribution in [1.82, 2.24) is 4.90 Å². The van der Waals surface area contributed by atoms with Crippen LogP contribution in [0, 0.1) is 0 Å². The summed E-state index contributed by atoms with van der Waals surface area (Å²) in [6.45, 7) is 2.15. The molecule has 2 aliphatic rings. The minimum atomic E-state index is 0.265. The highest BCUT2D eigenvalue weighted by molar-refractivity contribution is 5.86. The molecule has 0 spiro atoms. The maximum atomic E-state index is 9.53. The van der Waals surface area contributed by atoms with Gasteiger partial charge in [-0.15, -0.1) is 0 Å². The summed E-state index contributed by atoms with van der Waals surface area (Å²) < 4.78 is 5.59. The van der Waals surface area contributed by atoms with Crippen molar-refractivity contribution in [2.45, 2.75) is 31.5 Å². The molecule has 2 saturated heterocycles. The Morgan fingerprint density at radius 1 is 1.26 bits per heavy atom. The van der Waals surface area contributed by atoms with Crippen molar-refractivity contribution in [2.75, 3.05) is 13.2 Å². The fraction of sp³-hybridized carbons (Fsp3) is 0.500. The number of nitrogens with zero attached hydrogens (tertiary/aromatic N) is 2. The van der Waals surface area contributed by atoms with Gasteiger partial charge in [0.05, 0.1) is 18.9 Å². The molecule has 0 radical (unpaired) electrons. The third kappa shape index (κ3) is 2.57. The lowest BCUT2D eigenvalue weighted by Crippen LogP contribution is -2.56. The molecule has 0 saturated carbocycles. The molecule has 2 aliphatic heterocycles. The Bertz CT molecular complexity index is 473. The van der Waals surface area contributed by atoms with Gasteiger partial charge >= 0.3 is 0 Å². The Balaban J connectivity index is 1.77. The van der Waals surface area contributed by atoms with Crippen LogP contribution in [-0.2, 0) is 11.3 Å². The Labute approximate surface area is 112 Å². The Hall–Kier alpha value is -1.59. The number of aromatic hydroxyl groups is 1. The van der Waals surface area contributed by atoms with Gasteiger partial charge in [0, 0.05) is 31.5 Å². The highest BCUT2D eigenvalue weighted by Gasteiger charge is 2.37. The smallest absolute Gasteiger partial charge is 0.115 e. The van der Waals surface area contributed by atoms with Crippen LogP contribution >= 0.6 is 0 Å². The van der Waals surface area contributed by atoms with Crippen molar-refractivity contribution in [1.29, 1.82) is 0 Å². The molecule has 1 aromatic rings. The predicted octanol–water partition coefficient (Wildman–Crippen LogP) is 1.59. The molecule has 102 valence electrons. The van der Waals surface area contributed by atoms with Gasteiger partial charge in [0.1, 0.15) is 5.75 Å². The van der Waals surface area contributed by atoms with Crippen LogP contribution in [-0.4, -0.2) is 46.2 Å². The fourth-order valence-corrected chi connectivity index (χ4v) is 3.01. The topological polar surface area (TPSA) is 65.3 Å². The SMILES string of the molecule is ON=C1CC2COCC(C1)N2Cc1cccc(O)c1. The number of piperidine rings is 1. The molecule has 3 rings (SSSR count). The van der Waals surface area contributed by atoms with E-state index in [1.807, 2.05) is 12.1 Å². The van der Waals surface area contributed by atoms with Crippen LogP contribution in [0.1, 0.15) is 18.4 Å². The van der Waals surface area contributed by atoms with E-state index >= 15 is 0 Å². The Morgan fingerprint density at radius 2 is 2.00 bits per heavy atom. The number of hydrogen-bond donors (Lipinski definition) is 2. The van der Waals surface area contributed by atoms with Crippen molar-refractivity contribution in [3.8, 4) is 5.75 Å². The first-order valence-corrected chi connectivity index (χ1v) is 6.57. The molecule has 2 N–H and O–H groups in total. The van der Waals surface area contributed by atoms with Crippen molar-refractivity contribution in [3.63, 3.8) is 0 Å². The first kappa shape index (κ1) is 12.4. The lowest BCUT2D eigenvalue weighted by molar-refractivity contribution is -0.0575. The second-order valence-electron chi connectivity index (χ2n) is 5.26. The summed E-state index contributed by atoms with van der Waals surface area (Å²) in [5.74, 6) is 0.300. The van der Waals surface area contributed by atoms with Crippen LogP contribution in [0.4, 0.5) is 0 Å². The first-order valence-electron chi connectivity index (χ1n) is 6.57. The van der Waals surface area contributed by atoms with Crippen LogP contribution in [0.2, 0.25) is 0 Å². The molecule has 0 amide bonds. The quantitative estimate of drug-likeness (QED) is 0.627. The van der Waals surface area contributed by atoms with E-state index in [4.69, 9.17) is 9.94 Å². The van der Waals surface area contributed by atoms with Crippen LogP contribution in [0.5, 0.6) is 5.75 Å². The standard InChI is InChI=1S/C14H18N2O3/c17-14-3-1-2-10(4-14)7-16-12-5-11(15-18)6-13(16)9-19-8-12/h1-4,12-13,17-18H,5-9H2. The number of morpholine rings is 1. The van der Waals surface area contributed by atoms with Gasteiger partial charge in [-0.25, -0.2) is 0 Å². The number of hydrogen-bond acceptors (Lipinski definition) is 5. The number of oxime groups is 1. The second-order valence-corrected chi connectivity index (χ2v) is 5.26. The monoisotopic (exact) mass is 262 g/mol. The minimum Gasteiger partial charge on any atom is -0.508 e. The van der Waals surface area contributed by atoms with E-state index in [0.717, 1.165) is 30.7 Å². The zero-order valence-electron chi connectivity index (χ0n) is 10.7. The largest absolute Gasteiger partial charge is 0.508 e. The number of phenolic OH excluding ortho intramolecular Hbond substituents is 1. The molecule has 2 heterocycles. The zero-order valence-corrected chi connectivity index (χ0v) is 10.7. The van der Waals surface area contributed by atoms with Gasteiger partial charge in [0.15, 0.2) is 0 Å². The number of fused-ring (bicyclic) bond motifs is 2. The van der Waals surface area contributed by atoms with Gasteiger partial charge in [-0.1, -0.05) is 17.3 Å². The molecular formula is C14H18N2O3. The van der Waals surface area contributed by atoms with Gasteiger partial charge in [0.2, 0.25) is 0 Å². The average Bonchev–Trinajstić information content (AvgIpc) is 2.38. The maximum absolute atomic E-state index is 9.53. The van der Waals surface area contributed by atoms with Gasteiger partial charge in [0.25, 0.3) is 0 Å². The van der Waals surface area contributed by atoms with Crippen molar-refractivity contribution in [2.24, 2.45) is 5.16 Å². The number of phenols is 1. The highest BCUT2D eigenvalue weighted by Crippen LogP contribution is 2.28. The number of rotatable bonds is 2.